The fourth-order valence-electron chi connectivity index (χ4n) is 1.09. The Hall–Kier alpha value is -0.920. The minimum absolute atomic E-state index is 0.409. The zero-order chi connectivity index (χ0) is 10.6. The second-order valence-corrected chi connectivity index (χ2v) is 3.80. The first-order valence-electron chi connectivity index (χ1n) is 4.74. The number of rotatable bonds is 5. The Morgan fingerprint density at radius 1 is 1.15 bits per heavy atom. The van der Waals surface area contributed by atoms with Crippen LogP contribution in [0.25, 0.3) is 0 Å². The van der Waals surface area contributed by atoms with Crippen molar-refractivity contribution in [1.29, 1.82) is 0 Å². The average Bonchev–Trinajstić information content (AvgIpc) is 2.03. The normalized spacial score (nSPS) is 10.4. The molecular formula is C11H22N2. The second kappa shape index (κ2) is 4.95. The van der Waals surface area contributed by atoms with Gasteiger partial charge in [0.15, 0.2) is 0 Å². The van der Waals surface area contributed by atoms with Crippen LogP contribution in [0.2, 0.25) is 0 Å². The lowest BCUT2D eigenvalue weighted by molar-refractivity contribution is 0.228. The molecule has 0 atom stereocenters. The Kier molecular flexibility index (Phi) is 4.60. The zero-order valence-electron chi connectivity index (χ0n) is 9.54. The Morgan fingerprint density at radius 2 is 1.62 bits per heavy atom. The van der Waals surface area contributed by atoms with E-state index in [1.807, 2.05) is 13.2 Å². The van der Waals surface area contributed by atoms with Crippen molar-refractivity contribution in [2.75, 3.05) is 7.05 Å². The van der Waals surface area contributed by atoms with E-state index in [1.165, 1.54) is 0 Å². The molecule has 0 aliphatic carbocycles. The molecule has 0 aromatic heterocycles. The summed E-state index contributed by atoms with van der Waals surface area (Å²) < 4.78 is 0. The van der Waals surface area contributed by atoms with Crippen LogP contribution < -0.4 is 0 Å². The van der Waals surface area contributed by atoms with Gasteiger partial charge in [-0.3, -0.25) is 0 Å². The number of hydrogen-bond acceptors (Lipinski definition) is 2. The Morgan fingerprint density at radius 3 is 1.85 bits per heavy atom. The first-order chi connectivity index (χ1) is 5.91. The van der Waals surface area contributed by atoms with Gasteiger partial charge in [0.05, 0.1) is 0 Å². The van der Waals surface area contributed by atoms with Gasteiger partial charge in [-0.05, 0) is 33.9 Å². The largest absolute Gasteiger partial charge is 0.359 e. The van der Waals surface area contributed by atoms with Gasteiger partial charge in [0.2, 0.25) is 0 Å². The van der Waals surface area contributed by atoms with Gasteiger partial charge in [-0.15, -0.1) is 0 Å². The Labute approximate surface area is 82.5 Å². The van der Waals surface area contributed by atoms with Crippen LogP contribution in [0.5, 0.6) is 0 Å². The molecule has 0 radical (unpaired) electrons. The van der Waals surface area contributed by atoms with E-state index >= 15 is 0 Å². The minimum Gasteiger partial charge on any atom is -0.359 e. The summed E-state index contributed by atoms with van der Waals surface area (Å²) in [4.78, 5) is 4.21. The highest BCUT2D eigenvalue weighted by Gasteiger charge is 2.13. The molecule has 0 heterocycles. The topological polar surface area (TPSA) is 6.48 Å². The molecule has 0 aromatic rings. The molecule has 0 unspecified atom stereocenters. The van der Waals surface area contributed by atoms with E-state index in [9.17, 15) is 0 Å². The van der Waals surface area contributed by atoms with Crippen molar-refractivity contribution < 1.29 is 0 Å². The van der Waals surface area contributed by atoms with E-state index in [1.54, 1.807) is 0 Å². The van der Waals surface area contributed by atoms with Gasteiger partial charge >= 0.3 is 0 Å². The maximum absolute atomic E-state index is 4.05. The van der Waals surface area contributed by atoms with E-state index in [-0.39, 0.29) is 0 Å². The fraction of sp³-hybridized carbons (Fsp3) is 0.636. The minimum atomic E-state index is 0.409. The monoisotopic (exact) mass is 182 g/mol. The van der Waals surface area contributed by atoms with Gasteiger partial charge in [0, 0.05) is 19.1 Å². The van der Waals surface area contributed by atoms with Gasteiger partial charge in [-0.1, -0.05) is 13.2 Å². The zero-order valence-corrected chi connectivity index (χ0v) is 9.54. The summed E-state index contributed by atoms with van der Waals surface area (Å²) >= 11 is 0. The molecule has 76 valence electrons. The van der Waals surface area contributed by atoms with Crippen molar-refractivity contribution in [2.45, 2.75) is 39.8 Å². The lowest BCUT2D eigenvalue weighted by Crippen LogP contribution is -2.36. The van der Waals surface area contributed by atoms with Gasteiger partial charge < -0.3 is 9.80 Å². The Balaban J connectivity index is 4.46. The molecule has 0 aliphatic rings. The highest BCUT2D eigenvalue weighted by molar-refractivity contribution is 4.99. The highest BCUT2D eigenvalue weighted by Crippen LogP contribution is 2.13. The van der Waals surface area contributed by atoms with Crippen molar-refractivity contribution in [2.24, 2.45) is 0 Å². The molecule has 0 saturated carbocycles. The maximum atomic E-state index is 4.05. The van der Waals surface area contributed by atoms with E-state index in [4.69, 9.17) is 0 Å². The molecule has 2 nitrogen and oxygen atoms in total. The molecule has 0 N–H and O–H groups in total. The standard InChI is InChI=1S/C11H22N2/c1-8-13(10(4)5)11(6)12(7)9(2)3/h8-10H,1,6H2,2-5,7H3. The smallest absolute Gasteiger partial charge is 0.101 e. The summed E-state index contributed by atoms with van der Waals surface area (Å²) in [7, 11) is 2.05. The van der Waals surface area contributed by atoms with Gasteiger partial charge in [-0.2, -0.15) is 0 Å². The summed E-state index contributed by atoms with van der Waals surface area (Å²) in [6, 6.07) is 0.875. The van der Waals surface area contributed by atoms with Crippen molar-refractivity contribution in [3.05, 3.63) is 25.2 Å². The molecule has 0 saturated heterocycles. The Bertz CT molecular complexity index is 183. The summed E-state index contributed by atoms with van der Waals surface area (Å²) in [5.74, 6) is 1.00. The molecule has 0 aliphatic heterocycles. The van der Waals surface area contributed by atoms with Crippen LogP contribution in [0.1, 0.15) is 27.7 Å². The summed E-state index contributed by atoms with van der Waals surface area (Å²) in [5.41, 5.74) is 0. The highest BCUT2D eigenvalue weighted by atomic mass is 15.3. The van der Waals surface area contributed by atoms with Crippen LogP contribution in [0.15, 0.2) is 25.2 Å². The van der Waals surface area contributed by atoms with Gasteiger partial charge in [0.25, 0.3) is 0 Å². The molecule has 0 amide bonds. The average molecular weight is 182 g/mol. The molecule has 2 heteroatoms. The first kappa shape index (κ1) is 12.1. The third kappa shape index (κ3) is 3.13. The quantitative estimate of drug-likeness (QED) is 0.645. The fourth-order valence-corrected chi connectivity index (χ4v) is 1.09. The van der Waals surface area contributed by atoms with Crippen molar-refractivity contribution in [3.63, 3.8) is 0 Å². The van der Waals surface area contributed by atoms with Crippen LogP contribution in [0.3, 0.4) is 0 Å². The van der Waals surface area contributed by atoms with Crippen LogP contribution in [-0.4, -0.2) is 28.9 Å². The van der Waals surface area contributed by atoms with Gasteiger partial charge in [-0.25, -0.2) is 0 Å². The van der Waals surface area contributed by atoms with Crippen LogP contribution in [-0.2, 0) is 0 Å². The third-order valence-electron chi connectivity index (χ3n) is 2.23. The van der Waals surface area contributed by atoms with Crippen molar-refractivity contribution >= 4 is 0 Å². The molecule has 0 bridgehead atoms. The predicted molar refractivity (Wildman–Crippen MR) is 59.2 cm³/mol. The van der Waals surface area contributed by atoms with E-state index in [2.05, 4.69) is 50.7 Å². The van der Waals surface area contributed by atoms with Crippen LogP contribution in [0, 0.1) is 0 Å². The van der Waals surface area contributed by atoms with Crippen LogP contribution >= 0.6 is 0 Å². The molecule has 0 rings (SSSR count). The number of nitrogens with zero attached hydrogens (tertiary/aromatic N) is 2. The first-order valence-corrected chi connectivity index (χ1v) is 4.74. The lowest BCUT2D eigenvalue weighted by atomic mass is 10.3. The van der Waals surface area contributed by atoms with E-state index < -0.39 is 0 Å². The predicted octanol–water partition coefficient (Wildman–Crippen LogP) is 2.65. The molecule has 0 aromatic carbocycles. The summed E-state index contributed by atoms with van der Waals surface area (Å²) in [5, 5.41) is 0. The SMILES string of the molecule is C=CN(C(=C)N(C)C(C)C)C(C)C. The molecule has 0 spiro atoms. The second-order valence-electron chi connectivity index (χ2n) is 3.80. The maximum Gasteiger partial charge on any atom is 0.101 e. The van der Waals surface area contributed by atoms with Crippen molar-refractivity contribution in [1.82, 2.24) is 9.80 Å². The van der Waals surface area contributed by atoms with Crippen LogP contribution in [0.4, 0.5) is 0 Å². The molecule has 13 heavy (non-hydrogen) atoms. The molecule has 0 fully saturated rings. The third-order valence-corrected chi connectivity index (χ3v) is 2.23. The van der Waals surface area contributed by atoms with Crippen molar-refractivity contribution in [3.8, 4) is 0 Å². The van der Waals surface area contributed by atoms with Gasteiger partial charge in [0.1, 0.15) is 5.82 Å². The van der Waals surface area contributed by atoms with E-state index in [0.717, 1.165) is 5.82 Å². The summed E-state index contributed by atoms with van der Waals surface area (Å²) in [6.07, 6.45) is 1.83. The number of hydrogen-bond donors (Lipinski definition) is 0. The van der Waals surface area contributed by atoms with E-state index in [0.29, 0.717) is 12.1 Å². The molecular weight excluding hydrogens is 160 g/mol. The lowest BCUT2D eigenvalue weighted by Gasteiger charge is -2.35. The summed E-state index contributed by atoms with van der Waals surface area (Å²) in [6.45, 7) is 16.4.